The van der Waals surface area contributed by atoms with Gasteiger partial charge in [0.1, 0.15) is 13.2 Å². The molecular formula is C13H13B2NO6. The van der Waals surface area contributed by atoms with Gasteiger partial charge in [0.2, 0.25) is 33.8 Å². The van der Waals surface area contributed by atoms with Crippen LogP contribution >= 0.6 is 0 Å². The third-order valence-corrected chi connectivity index (χ3v) is 2.62. The number of amides is 1. The molecule has 0 spiro atoms. The highest BCUT2D eigenvalue weighted by Gasteiger charge is 2.13. The van der Waals surface area contributed by atoms with Crippen LogP contribution in [0.4, 0.5) is 15.3 Å². The fourth-order valence-corrected chi connectivity index (χ4v) is 1.86. The van der Waals surface area contributed by atoms with E-state index in [1.165, 1.54) is 7.11 Å². The van der Waals surface area contributed by atoms with Crippen molar-refractivity contribution in [1.82, 2.24) is 0 Å². The molecule has 4 radical (unpaired) electrons. The van der Waals surface area contributed by atoms with Gasteiger partial charge in [-0.25, -0.2) is 0 Å². The standard InChI is InChI=1S/C13H13B2NO6/c1-20-4-8-2-9(5-21-12(14)18)11(16-7-17)10(3-8)6-22-13(15)19/h2-3,7H,4-6H2,1H3,(H,16,17). The molecule has 1 N–H and O–H groups in total. The quantitative estimate of drug-likeness (QED) is 0.569. The molecule has 0 fully saturated rings. The number of nitrogens with one attached hydrogen (secondary N) is 1. The number of benzene rings is 1. The van der Waals surface area contributed by atoms with Crippen molar-refractivity contribution in [3.8, 4) is 0 Å². The predicted octanol–water partition coefficient (Wildman–Crippen LogP) is 1.01. The van der Waals surface area contributed by atoms with Gasteiger partial charge in [0.15, 0.2) is 0 Å². The third kappa shape index (κ3) is 5.61. The van der Waals surface area contributed by atoms with Gasteiger partial charge in [-0.05, 0) is 17.7 Å². The van der Waals surface area contributed by atoms with Crippen molar-refractivity contribution in [2.75, 3.05) is 12.4 Å². The summed E-state index contributed by atoms with van der Waals surface area (Å²) in [5.74, 6) is -1.91. The Morgan fingerprint density at radius 2 is 1.59 bits per heavy atom. The van der Waals surface area contributed by atoms with Gasteiger partial charge in [-0.1, -0.05) is 0 Å². The van der Waals surface area contributed by atoms with E-state index < -0.39 is 11.7 Å². The zero-order valence-electron chi connectivity index (χ0n) is 12.0. The van der Waals surface area contributed by atoms with Crippen molar-refractivity contribution < 1.29 is 28.6 Å². The van der Waals surface area contributed by atoms with Gasteiger partial charge in [-0.15, -0.1) is 0 Å². The lowest BCUT2D eigenvalue weighted by Gasteiger charge is -2.16. The maximum Gasteiger partial charge on any atom is 0.236 e. The zero-order valence-corrected chi connectivity index (χ0v) is 12.0. The summed E-state index contributed by atoms with van der Waals surface area (Å²) in [6.07, 6.45) is 0.451. The second-order valence-corrected chi connectivity index (χ2v) is 4.20. The molecule has 0 bridgehead atoms. The summed E-state index contributed by atoms with van der Waals surface area (Å²) >= 11 is 0. The van der Waals surface area contributed by atoms with Gasteiger partial charge in [0, 0.05) is 18.2 Å². The summed E-state index contributed by atoms with van der Waals surface area (Å²) < 4.78 is 14.5. The normalized spacial score (nSPS) is 9.86. The minimum atomic E-state index is -0.955. The van der Waals surface area contributed by atoms with Crippen LogP contribution in [0.3, 0.4) is 0 Å². The number of ether oxygens (including phenoxy) is 3. The lowest BCUT2D eigenvalue weighted by molar-refractivity contribution is -0.105. The summed E-state index contributed by atoms with van der Waals surface area (Å²) in [4.78, 5) is 32.3. The van der Waals surface area contributed by atoms with Gasteiger partial charge in [-0.2, -0.15) is 0 Å². The van der Waals surface area contributed by atoms with E-state index in [9.17, 15) is 14.4 Å². The topological polar surface area (TPSA) is 90.9 Å². The van der Waals surface area contributed by atoms with Crippen molar-refractivity contribution in [1.29, 1.82) is 0 Å². The number of methoxy groups -OCH3 is 1. The lowest BCUT2D eigenvalue weighted by atomic mass is 10.0. The van der Waals surface area contributed by atoms with E-state index >= 15 is 0 Å². The minimum Gasteiger partial charge on any atom is -0.470 e. The molecular weight excluding hydrogens is 288 g/mol. The fraction of sp³-hybridized carbons (Fsp3) is 0.308. The van der Waals surface area contributed by atoms with Crippen LogP contribution in [0.15, 0.2) is 12.1 Å². The summed E-state index contributed by atoms with van der Waals surface area (Å²) in [5.41, 5.74) is 2.02. The number of carbonyl (C=O) groups is 3. The molecule has 0 heterocycles. The predicted molar refractivity (Wildman–Crippen MR) is 78.7 cm³/mol. The van der Waals surface area contributed by atoms with Crippen LogP contribution in [0.1, 0.15) is 16.7 Å². The van der Waals surface area contributed by atoms with Crippen molar-refractivity contribution in [3.05, 3.63) is 28.8 Å². The first kappa shape index (κ1) is 17.8. The molecule has 0 aliphatic heterocycles. The highest BCUT2D eigenvalue weighted by Crippen LogP contribution is 2.25. The number of hydrogen-bond donors (Lipinski definition) is 1. The maximum absolute atomic E-state index is 10.8. The minimum absolute atomic E-state index is 0.160. The Morgan fingerprint density at radius 1 is 1.09 bits per heavy atom. The van der Waals surface area contributed by atoms with Gasteiger partial charge in [0.05, 0.1) is 12.3 Å². The van der Waals surface area contributed by atoms with E-state index in [4.69, 9.17) is 29.9 Å². The Morgan fingerprint density at radius 3 is 1.95 bits per heavy atom. The summed E-state index contributed by atoms with van der Waals surface area (Å²) in [7, 11) is 11.4. The van der Waals surface area contributed by atoms with Crippen molar-refractivity contribution >= 4 is 39.5 Å². The fourth-order valence-electron chi connectivity index (χ4n) is 1.86. The molecule has 0 saturated carbocycles. The average Bonchev–Trinajstić information content (AvgIpc) is 2.45. The highest BCUT2D eigenvalue weighted by atomic mass is 16.5. The molecule has 1 aromatic rings. The third-order valence-electron chi connectivity index (χ3n) is 2.62. The Bertz CT molecular complexity index is 524. The van der Waals surface area contributed by atoms with E-state index in [2.05, 4.69) is 5.32 Å². The molecule has 1 aromatic carbocycles. The molecule has 0 aromatic heterocycles. The van der Waals surface area contributed by atoms with Crippen molar-refractivity contribution in [2.45, 2.75) is 19.8 Å². The van der Waals surface area contributed by atoms with Crippen LogP contribution in [-0.4, -0.2) is 40.9 Å². The number of carbonyl (C=O) groups excluding carboxylic acids is 3. The second kappa shape index (κ2) is 8.89. The first-order valence-corrected chi connectivity index (χ1v) is 6.16. The van der Waals surface area contributed by atoms with Gasteiger partial charge in [-0.3, -0.25) is 14.4 Å². The smallest absolute Gasteiger partial charge is 0.236 e. The van der Waals surface area contributed by atoms with E-state index in [0.29, 0.717) is 23.2 Å². The highest BCUT2D eigenvalue weighted by molar-refractivity contribution is 6.55. The molecule has 7 nitrogen and oxygen atoms in total. The first-order chi connectivity index (χ1) is 10.5. The number of anilines is 1. The van der Waals surface area contributed by atoms with E-state index in [1.807, 2.05) is 0 Å². The Hall–Kier alpha value is -2.28. The maximum atomic E-state index is 10.8. The molecule has 1 rings (SSSR count). The molecule has 1 amide bonds. The van der Waals surface area contributed by atoms with E-state index in [-0.39, 0.29) is 19.8 Å². The molecule has 0 atom stereocenters. The largest absolute Gasteiger partial charge is 0.470 e. The van der Waals surface area contributed by atoms with Crippen LogP contribution in [0.5, 0.6) is 0 Å². The van der Waals surface area contributed by atoms with E-state index in [1.54, 1.807) is 12.1 Å². The summed E-state index contributed by atoms with van der Waals surface area (Å²) in [5, 5.41) is 2.48. The zero-order chi connectivity index (χ0) is 16.5. The van der Waals surface area contributed by atoms with Crippen molar-refractivity contribution in [2.24, 2.45) is 0 Å². The number of hydrogen-bond acceptors (Lipinski definition) is 6. The molecule has 0 aliphatic rings. The lowest BCUT2D eigenvalue weighted by Crippen LogP contribution is -2.10. The SMILES string of the molecule is [B]C(=O)OCc1cc(COC)cc(COC([B])=O)c1NC=O. The average molecular weight is 301 g/mol. The molecule has 112 valence electrons. The van der Waals surface area contributed by atoms with Crippen LogP contribution in [-0.2, 0) is 38.8 Å². The van der Waals surface area contributed by atoms with Gasteiger partial charge >= 0.3 is 0 Å². The summed E-state index contributed by atoms with van der Waals surface area (Å²) in [6, 6.07) is 3.35. The van der Waals surface area contributed by atoms with Crippen LogP contribution in [0, 0.1) is 0 Å². The Balaban J connectivity index is 3.19. The van der Waals surface area contributed by atoms with E-state index in [0.717, 1.165) is 5.56 Å². The molecule has 0 saturated heterocycles. The summed E-state index contributed by atoms with van der Waals surface area (Å²) in [6.45, 7) is -0.0478. The first-order valence-electron chi connectivity index (χ1n) is 6.16. The Kier molecular flexibility index (Phi) is 7.18. The molecule has 9 heteroatoms. The second-order valence-electron chi connectivity index (χ2n) is 4.20. The molecule has 0 unspecified atom stereocenters. The Labute approximate surface area is 130 Å². The van der Waals surface area contributed by atoms with Crippen LogP contribution in [0.2, 0.25) is 0 Å². The van der Waals surface area contributed by atoms with Gasteiger partial charge in [0.25, 0.3) is 0 Å². The number of rotatable bonds is 8. The van der Waals surface area contributed by atoms with Gasteiger partial charge < -0.3 is 19.5 Å². The van der Waals surface area contributed by atoms with Crippen molar-refractivity contribution in [3.63, 3.8) is 0 Å². The van der Waals surface area contributed by atoms with Crippen LogP contribution in [0.25, 0.3) is 0 Å². The monoisotopic (exact) mass is 301 g/mol. The molecule has 22 heavy (non-hydrogen) atoms. The molecule has 0 aliphatic carbocycles. The van der Waals surface area contributed by atoms with Crippen LogP contribution < -0.4 is 5.32 Å².